The van der Waals surface area contributed by atoms with E-state index < -0.39 is 11.6 Å². The lowest BCUT2D eigenvalue weighted by atomic mass is 10.2. The molecule has 32 heavy (non-hydrogen) atoms. The lowest BCUT2D eigenvalue weighted by Gasteiger charge is -2.29. The highest BCUT2D eigenvalue weighted by atomic mass is 127. The molecule has 4 rings (SSSR count). The maximum absolute atomic E-state index is 14.1. The van der Waals surface area contributed by atoms with Gasteiger partial charge in [-0.25, -0.2) is 8.78 Å². The molecule has 1 atom stereocenters. The van der Waals surface area contributed by atoms with Gasteiger partial charge in [-0.05, 0) is 36.2 Å². The van der Waals surface area contributed by atoms with Crippen LogP contribution in [0.5, 0.6) is 0 Å². The molecule has 0 aromatic heterocycles. The summed E-state index contributed by atoms with van der Waals surface area (Å²) in [5, 5.41) is 6.70. The fraction of sp³-hybridized carbons (Fsp3) is 0.435. The highest BCUT2D eigenvalue weighted by Gasteiger charge is 2.27. The Bertz CT molecular complexity index is 886. The van der Waals surface area contributed by atoms with Crippen molar-refractivity contribution in [3.8, 4) is 0 Å². The molecule has 2 aliphatic rings. The molecule has 174 valence electrons. The van der Waals surface area contributed by atoms with Crippen LogP contribution in [0, 0.1) is 11.6 Å². The van der Waals surface area contributed by atoms with Gasteiger partial charge in [0, 0.05) is 51.5 Å². The Hall–Kier alpha value is -2.14. The first kappa shape index (κ1) is 24.5. The molecule has 2 aliphatic heterocycles. The number of rotatable bonds is 5. The number of nitrogens with one attached hydrogen (secondary N) is 2. The van der Waals surface area contributed by atoms with Gasteiger partial charge >= 0.3 is 0 Å². The summed E-state index contributed by atoms with van der Waals surface area (Å²) < 4.78 is 33.5. The number of hydrogen-bond donors (Lipinski definition) is 2. The molecule has 0 amide bonds. The van der Waals surface area contributed by atoms with Gasteiger partial charge in [0.2, 0.25) is 0 Å². The van der Waals surface area contributed by atoms with Crippen LogP contribution in [0.4, 0.5) is 20.2 Å². The molecule has 0 saturated carbocycles. The molecule has 1 unspecified atom stereocenters. The summed E-state index contributed by atoms with van der Waals surface area (Å²) in [6, 6.07) is 12.5. The van der Waals surface area contributed by atoms with Crippen molar-refractivity contribution in [2.45, 2.75) is 19.0 Å². The zero-order valence-electron chi connectivity index (χ0n) is 18.2. The van der Waals surface area contributed by atoms with Crippen LogP contribution in [-0.2, 0) is 11.3 Å². The Balaban J connectivity index is 0.00000289. The van der Waals surface area contributed by atoms with Gasteiger partial charge in [-0.3, -0.25) is 4.99 Å². The van der Waals surface area contributed by atoms with Gasteiger partial charge in [-0.15, -0.1) is 24.0 Å². The molecule has 2 fully saturated rings. The van der Waals surface area contributed by atoms with Crippen LogP contribution in [0.15, 0.2) is 47.5 Å². The zero-order valence-corrected chi connectivity index (χ0v) is 20.5. The Morgan fingerprint density at radius 1 is 1.03 bits per heavy atom. The van der Waals surface area contributed by atoms with Gasteiger partial charge < -0.3 is 25.2 Å². The second-order valence-electron chi connectivity index (χ2n) is 7.84. The molecule has 0 aliphatic carbocycles. The van der Waals surface area contributed by atoms with E-state index in [1.54, 1.807) is 11.9 Å². The lowest BCUT2D eigenvalue weighted by Crippen LogP contribution is -2.44. The molecule has 6 nitrogen and oxygen atoms in total. The summed E-state index contributed by atoms with van der Waals surface area (Å²) in [5.74, 6) is -0.370. The van der Waals surface area contributed by atoms with Crippen LogP contribution in [-0.4, -0.2) is 58.4 Å². The average molecular weight is 557 g/mol. The molecule has 9 heteroatoms. The Morgan fingerprint density at radius 3 is 2.38 bits per heavy atom. The number of anilines is 2. The largest absolute Gasteiger partial charge is 0.378 e. The summed E-state index contributed by atoms with van der Waals surface area (Å²) >= 11 is 0. The van der Waals surface area contributed by atoms with E-state index in [1.165, 1.54) is 23.9 Å². The lowest BCUT2D eigenvalue weighted by molar-refractivity contribution is 0.122. The van der Waals surface area contributed by atoms with Crippen LogP contribution < -0.4 is 20.4 Å². The molecule has 2 heterocycles. The number of hydrogen-bond acceptors (Lipinski definition) is 4. The second-order valence-corrected chi connectivity index (χ2v) is 7.84. The highest BCUT2D eigenvalue weighted by molar-refractivity contribution is 14.0. The third-order valence-electron chi connectivity index (χ3n) is 5.78. The molecule has 0 bridgehead atoms. The average Bonchev–Trinajstić information content (AvgIpc) is 3.25. The predicted molar refractivity (Wildman–Crippen MR) is 135 cm³/mol. The number of benzene rings is 2. The van der Waals surface area contributed by atoms with E-state index in [9.17, 15) is 8.78 Å². The summed E-state index contributed by atoms with van der Waals surface area (Å²) in [4.78, 5) is 8.37. The van der Waals surface area contributed by atoms with Gasteiger partial charge in [0.25, 0.3) is 0 Å². The minimum absolute atomic E-state index is 0. The fourth-order valence-corrected chi connectivity index (χ4v) is 4.09. The molecular formula is C23H30F2IN5O. The van der Waals surface area contributed by atoms with E-state index in [4.69, 9.17) is 4.74 Å². The Morgan fingerprint density at radius 2 is 1.72 bits per heavy atom. The quantitative estimate of drug-likeness (QED) is 0.336. The smallest absolute Gasteiger partial charge is 0.191 e. The number of morpholine rings is 1. The first-order valence-corrected chi connectivity index (χ1v) is 10.7. The van der Waals surface area contributed by atoms with Gasteiger partial charge in [0.1, 0.15) is 17.3 Å². The topological polar surface area (TPSA) is 52.1 Å². The van der Waals surface area contributed by atoms with Crippen LogP contribution in [0.2, 0.25) is 0 Å². The maximum atomic E-state index is 14.1. The predicted octanol–water partition coefficient (Wildman–Crippen LogP) is 3.36. The van der Waals surface area contributed by atoms with Crippen LogP contribution in [0.3, 0.4) is 0 Å². The van der Waals surface area contributed by atoms with Gasteiger partial charge in [-0.1, -0.05) is 18.2 Å². The SMILES string of the molecule is CN=C(NCc1ccc(N2CCOCC2)cc1)NC1CCN(c2c(F)cccc2F)C1.I. The van der Waals surface area contributed by atoms with Crippen molar-refractivity contribution >= 4 is 41.3 Å². The molecule has 0 spiro atoms. The van der Waals surface area contributed by atoms with Crippen LogP contribution in [0.25, 0.3) is 0 Å². The van der Waals surface area contributed by atoms with Gasteiger partial charge in [0.15, 0.2) is 5.96 Å². The number of aliphatic imine (C=N–C) groups is 1. The summed E-state index contributed by atoms with van der Waals surface area (Å²) in [5.41, 5.74) is 2.41. The maximum Gasteiger partial charge on any atom is 0.191 e. The minimum Gasteiger partial charge on any atom is -0.378 e. The molecule has 2 aromatic carbocycles. The standard InChI is InChI=1S/C23H29F2N5O.HI/c1-26-23(27-15-17-5-7-19(8-6-17)29-11-13-31-14-12-29)28-18-9-10-30(16-18)22-20(24)3-2-4-21(22)25;/h2-8,18H,9-16H2,1H3,(H2,26,27,28);1H. The zero-order chi connectivity index (χ0) is 21.6. The molecular weight excluding hydrogens is 527 g/mol. The van der Waals surface area contributed by atoms with Crippen LogP contribution >= 0.6 is 24.0 Å². The van der Waals surface area contributed by atoms with E-state index in [2.05, 4.69) is 44.8 Å². The Kier molecular flexibility index (Phi) is 8.92. The Labute approximate surface area is 205 Å². The molecule has 2 saturated heterocycles. The molecule has 2 aromatic rings. The number of ether oxygens (including phenoxy) is 1. The summed E-state index contributed by atoms with van der Waals surface area (Å²) in [6.07, 6.45) is 0.780. The summed E-state index contributed by atoms with van der Waals surface area (Å²) in [7, 11) is 1.72. The number of nitrogens with zero attached hydrogens (tertiary/aromatic N) is 3. The molecule has 2 N–H and O–H groups in total. The fourth-order valence-electron chi connectivity index (χ4n) is 4.09. The third-order valence-corrected chi connectivity index (χ3v) is 5.78. The minimum atomic E-state index is -0.524. The third kappa shape index (κ3) is 6.00. The first-order chi connectivity index (χ1) is 15.1. The number of halogens is 3. The van der Waals surface area contributed by atoms with Crippen molar-refractivity contribution < 1.29 is 13.5 Å². The van der Waals surface area contributed by atoms with Gasteiger partial charge in [0.05, 0.1) is 13.2 Å². The van der Waals surface area contributed by atoms with Crippen molar-refractivity contribution in [3.05, 3.63) is 59.7 Å². The summed E-state index contributed by atoms with van der Waals surface area (Å²) in [6.45, 7) is 5.14. The van der Waals surface area contributed by atoms with E-state index in [1.807, 2.05) is 0 Å². The monoisotopic (exact) mass is 557 g/mol. The van der Waals surface area contributed by atoms with Crippen molar-refractivity contribution in [1.29, 1.82) is 0 Å². The van der Waals surface area contributed by atoms with Gasteiger partial charge in [-0.2, -0.15) is 0 Å². The second kappa shape index (κ2) is 11.6. The molecule has 0 radical (unpaired) electrons. The van der Waals surface area contributed by atoms with Crippen molar-refractivity contribution in [2.24, 2.45) is 4.99 Å². The van der Waals surface area contributed by atoms with Crippen molar-refractivity contribution in [1.82, 2.24) is 10.6 Å². The van der Waals surface area contributed by atoms with Crippen LogP contribution in [0.1, 0.15) is 12.0 Å². The number of guanidine groups is 1. The normalized spacial score (nSPS) is 19.0. The van der Waals surface area contributed by atoms with E-state index in [0.717, 1.165) is 38.3 Å². The van der Waals surface area contributed by atoms with E-state index >= 15 is 0 Å². The van der Waals surface area contributed by atoms with Crippen molar-refractivity contribution in [2.75, 3.05) is 56.2 Å². The van der Waals surface area contributed by atoms with E-state index in [0.29, 0.717) is 25.6 Å². The van der Waals surface area contributed by atoms with Crippen molar-refractivity contribution in [3.63, 3.8) is 0 Å². The van der Waals surface area contributed by atoms with E-state index in [-0.39, 0.29) is 35.7 Å². The number of para-hydroxylation sites is 1. The highest BCUT2D eigenvalue weighted by Crippen LogP contribution is 2.26. The first-order valence-electron chi connectivity index (χ1n) is 10.7.